The molecule has 3 aromatic rings. The van der Waals surface area contributed by atoms with Gasteiger partial charge < -0.3 is 29.0 Å². The normalized spacial score (nSPS) is 20.8. The highest BCUT2D eigenvalue weighted by Gasteiger charge is 2.37. The molecule has 0 spiro atoms. The van der Waals surface area contributed by atoms with Crippen LogP contribution in [0.5, 0.6) is 5.75 Å². The topological polar surface area (TPSA) is 110 Å². The molecule has 2 aromatic heterocycles. The maximum atomic E-state index is 15.5. The number of rotatable bonds is 6. The molecule has 2 aliphatic rings. The van der Waals surface area contributed by atoms with Crippen molar-refractivity contribution >= 4 is 22.6 Å². The second-order valence-electron chi connectivity index (χ2n) is 8.58. The number of aromatic carboxylic acids is 1. The van der Waals surface area contributed by atoms with Crippen LogP contribution in [-0.4, -0.2) is 46.9 Å². The highest BCUT2D eigenvalue weighted by atomic mass is 19.1. The van der Waals surface area contributed by atoms with Gasteiger partial charge >= 0.3 is 5.97 Å². The zero-order chi connectivity index (χ0) is 23.3. The molecule has 2 aliphatic heterocycles. The summed E-state index contributed by atoms with van der Waals surface area (Å²) in [5.41, 5.74) is -0.362. The van der Waals surface area contributed by atoms with Crippen LogP contribution in [0.2, 0.25) is 0 Å². The molecule has 0 saturated carbocycles. The third-order valence-corrected chi connectivity index (χ3v) is 6.53. The van der Waals surface area contributed by atoms with Crippen molar-refractivity contribution in [2.75, 3.05) is 31.1 Å². The molecule has 0 bridgehead atoms. The van der Waals surface area contributed by atoms with Gasteiger partial charge in [0.05, 0.1) is 29.2 Å². The van der Waals surface area contributed by atoms with Crippen molar-refractivity contribution in [3.63, 3.8) is 0 Å². The number of oxazole rings is 1. The first kappa shape index (κ1) is 21.4. The molecule has 5 rings (SSSR count). The van der Waals surface area contributed by atoms with Gasteiger partial charge in [-0.05, 0) is 26.0 Å². The maximum Gasteiger partial charge on any atom is 0.341 e. The lowest BCUT2D eigenvalue weighted by Crippen LogP contribution is -2.32. The highest BCUT2D eigenvalue weighted by molar-refractivity contribution is 5.97. The number of benzene rings is 1. The van der Waals surface area contributed by atoms with Crippen molar-refractivity contribution in [3.8, 4) is 5.75 Å². The lowest BCUT2D eigenvalue weighted by Gasteiger charge is -2.31. The number of halogens is 1. The monoisotopic (exact) mass is 456 g/mol. The molecule has 0 radical (unpaired) electrons. The summed E-state index contributed by atoms with van der Waals surface area (Å²) in [6.07, 6.45) is 5.28. The number of hydrogen-bond acceptors (Lipinski definition) is 7. The molecule has 174 valence electrons. The Balaban J connectivity index is 1.59. The molecule has 1 aromatic carbocycles. The van der Waals surface area contributed by atoms with Crippen molar-refractivity contribution in [1.29, 1.82) is 0 Å². The van der Waals surface area contributed by atoms with E-state index in [1.807, 2.05) is 18.7 Å². The zero-order valence-electron chi connectivity index (χ0n) is 18.4. The number of nitrogens with zero attached hydrogens (tertiary/aromatic N) is 3. The van der Waals surface area contributed by atoms with Gasteiger partial charge in [0.25, 0.3) is 0 Å². The molecule has 3 unspecified atom stereocenters. The third kappa shape index (κ3) is 3.45. The smallest absolute Gasteiger partial charge is 0.341 e. The van der Waals surface area contributed by atoms with Crippen LogP contribution in [0.3, 0.4) is 0 Å². The van der Waals surface area contributed by atoms with Crippen LogP contribution in [0.1, 0.15) is 48.6 Å². The highest BCUT2D eigenvalue weighted by Crippen LogP contribution is 2.44. The van der Waals surface area contributed by atoms with E-state index in [4.69, 9.17) is 9.15 Å². The van der Waals surface area contributed by atoms with E-state index in [1.54, 1.807) is 17.0 Å². The van der Waals surface area contributed by atoms with E-state index in [1.165, 1.54) is 6.20 Å². The summed E-state index contributed by atoms with van der Waals surface area (Å²) in [4.78, 5) is 30.6. The van der Waals surface area contributed by atoms with Crippen molar-refractivity contribution in [2.24, 2.45) is 5.92 Å². The first-order valence-corrected chi connectivity index (χ1v) is 11.1. The molecule has 1 fully saturated rings. The Morgan fingerprint density at radius 3 is 2.97 bits per heavy atom. The Morgan fingerprint density at radius 2 is 2.27 bits per heavy atom. The fraction of sp³-hybridized carbons (Fsp3) is 0.435. The summed E-state index contributed by atoms with van der Waals surface area (Å²) in [5.74, 6) is -0.920. The van der Waals surface area contributed by atoms with E-state index in [2.05, 4.69) is 10.3 Å². The quantitative estimate of drug-likeness (QED) is 0.583. The van der Waals surface area contributed by atoms with E-state index in [0.717, 1.165) is 19.0 Å². The summed E-state index contributed by atoms with van der Waals surface area (Å²) in [5, 5.41) is 12.9. The lowest BCUT2D eigenvalue weighted by molar-refractivity contribution is 0.0694. The minimum absolute atomic E-state index is 0.0127. The molecule has 0 amide bonds. The fourth-order valence-corrected chi connectivity index (χ4v) is 4.98. The average molecular weight is 456 g/mol. The maximum absolute atomic E-state index is 15.5. The van der Waals surface area contributed by atoms with Gasteiger partial charge in [-0.3, -0.25) is 4.79 Å². The molecular weight excluding hydrogens is 431 g/mol. The molecule has 9 nitrogen and oxygen atoms in total. The van der Waals surface area contributed by atoms with Gasteiger partial charge in [-0.1, -0.05) is 6.92 Å². The molecule has 4 heterocycles. The Kier molecular flexibility index (Phi) is 5.32. The van der Waals surface area contributed by atoms with Crippen molar-refractivity contribution < 1.29 is 23.4 Å². The molecule has 10 heteroatoms. The lowest BCUT2D eigenvalue weighted by atomic mass is 9.98. The second-order valence-corrected chi connectivity index (χ2v) is 8.58. The van der Waals surface area contributed by atoms with Crippen LogP contribution >= 0.6 is 0 Å². The van der Waals surface area contributed by atoms with Crippen LogP contribution in [0, 0.1) is 11.7 Å². The third-order valence-electron chi connectivity index (χ3n) is 6.53. The Labute approximate surface area is 188 Å². The molecular formula is C23H25FN4O5. The predicted octanol–water partition coefficient (Wildman–Crippen LogP) is 2.96. The minimum atomic E-state index is -1.33. The van der Waals surface area contributed by atoms with Crippen LogP contribution in [-0.2, 0) is 0 Å². The van der Waals surface area contributed by atoms with E-state index >= 15 is 4.39 Å². The van der Waals surface area contributed by atoms with Gasteiger partial charge in [-0.25, -0.2) is 14.2 Å². The minimum Gasteiger partial charge on any atom is -0.487 e. The summed E-state index contributed by atoms with van der Waals surface area (Å²) in [6.45, 7) is 6.00. The predicted molar refractivity (Wildman–Crippen MR) is 119 cm³/mol. The average Bonchev–Trinajstić information content (AvgIpc) is 3.48. The van der Waals surface area contributed by atoms with E-state index in [0.29, 0.717) is 30.2 Å². The van der Waals surface area contributed by atoms with Gasteiger partial charge in [0.1, 0.15) is 24.1 Å². The van der Waals surface area contributed by atoms with Crippen LogP contribution < -0.4 is 20.4 Å². The second kappa shape index (κ2) is 8.18. The molecule has 0 aliphatic carbocycles. The number of nitrogens with one attached hydrogen (secondary N) is 1. The van der Waals surface area contributed by atoms with E-state index in [9.17, 15) is 14.7 Å². The number of pyridine rings is 1. The van der Waals surface area contributed by atoms with Gasteiger partial charge in [-0.15, -0.1) is 0 Å². The van der Waals surface area contributed by atoms with Crippen LogP contribution in [0.25, 0.3) is 10.9 Å². The molecule has 33 heavy (non-hydrogen) atoms. The largest absolute Gasteiger partial charge is 0.487 e. The fourth-order valence-electron chi connectivity index (χ4n) is 4.98. The zero-order valence-corrected chi connectivity index (χ0v) is 18.4. The summed E-state index contributed by atoms with van der Waals surface area (Å²) < 4.78 is 28.7. The number of ether oxygens (including phenoxy) is 1. The Morgan fingerprint density at radius 1 is 1.45 bits per heavy atom. The van der Waals surface area contributed by atoms with Gasteiger partial charge in [-0.2, -0.15) is 0 Å². The summed E-state index contributed by atoms with van der Waals surface area (Å²) in [7, 11) is 0. The summed E-state index contributed by atoms with van der Waals surface area (Å²) in [6, 6.07) is 0.836. The van der Waals surface area contributed by atoms with E-state index < -0.39 is 17.2 Å². The van der Waals surface area contributed by atoms with Crippen molar-refractivity contribution in [3.05, 3.63) is 52.2 Å². The number of carboxylic acid groups (broad SMARTS) is 1. The SMILES string of the molecule is CCNC(c1ncco1)C1CCN(c2c(F)cc3c(=O)c(C(=O)O)cn4c3c2OCC4C)C1. The molecule has 3 atom stereocenters. The summed E-state index contributed by atoms with van der Waals surface area (Å²) >= 11 is 0. The number of anilines is 1. The van der Waals surface area contributed by atoms with Crippen molar-refractivity contribution in [2.45, 2.75) is 32.4 Å². The number of carboxylic acids is 1. The Bertz CT molecular complexity index is 1270. The number of aromatic nitrogens is 2. The number of carbonyl (C=O) groups is 1. The Hall–Kier alpha value is -3.40. The van der Waals surface area contributed by atoms with Gasteiger partial charge in [0, 0.05) is 25.2 Å². The number of hydrogen-bond donors (Lipinski definition) is 2. The van der Waals surface area contributed by atoms with Crippen molar-refractivity contribution in [1.82, 2.24) is 14.9 Å². The van der Waals surface area contributed by atoms with Crippen LogP contribution in [0.15, 0.2) is 33.9 Å². The van der Waals surface area contributed by atoms with Crippen LogP contribution in [0.4, 0.5) is 10.1 Å². The van der Waals surface area contributed by atoms with Gasteiger partial charge in [0.15, 0.2) is 11.6 Å². The van der Waals surface area contributed by atoms with Gasteiger partial charge in [0.2, 0.25) is 11.3 Å². The first-order chi connectivity index (χ1) is 15.9. The standard InChI is InChI=1S/C23H25FN4O5/c1-3-25-17(22-26-5-7-32-22)13-4-6-27(9-13)19-16(24)8-14-18-21(19)33-11-12(2)28(18)10-15(20(14)29)23(30)31/h5,7-8,10,12-13,17,25H,3-4,6,9,11H2,1-2H3,(H,30,31). The van der Waals surface area contributed by atoms with E-state index in [-0.39, 0.29) is 41.3 Å². The molecule has 2 N–H and O–H groups in total. The first-order valence-electron chi connectivity index (χ1n) is 11.1. The molecule has 1 saturated heterocycles.